The molecule has 3 N–H and O–H groups in total. The number of hydrogen-bond donors (Lipinski definition) is 2. The maximum absolute atomic E-state index is 10.8. The van der Waals surface area contributed by atoms with Crippen LogP contribution in [0.15, 0.2) is 16.7 Å². The first kappa shape index (κ1) is 9.08. The number of carboxylic acids is 1. The highest BCUT2D eigenvalue weighted by Crippen LogP contribution is 2.25. The fourth-order valence-corrected chi connectivity index (χ4v) is 1.72. The molecule has 0 amide bonds. The molecule has 0 bridgehead atoms. The zero-order valence-electron chi connectivity index (χ0n) is 7.64. The van der Waals surface area contributed by atoms with Crippen molar-refractivity contribution in [3.05, 3.63) is 18.1 Å². The van der Waals surface area contributed by atoms with Gasteiger partial charge in [0.2, 0.25) is 5.76 Å². The third-order valence-corrected chi connectivity index (χ3v) is 2.40. The monoisotopic (exact) mass is 196 g/mol. The Kier molecular flexibility index (Phi) is 2.17. The first-order chi connectivity index (χ1) is 6.68. The van der Waals surface area contributed by atoms with Gasteiger partial charge in [0, 0.05) is 25.2 Å². The summed E-state index contributed by atoms with van der Waals surface area (Å²) in [6, 6.07) is 1.80. The van der Waals surface area contributed by atoms with E-state index in [-0.39, 0.29) is 11.8 Å². The lowest BCUT2D eigenvalue weighted by molar-refractivity contribution is 0.0663. The van der Waals surface area contributed by atoms with Crippen LogP contribution in [0.25, 0.3) is 0 Å². The summed E-state index contributed by atoms with van der Waals surface area (Å²) in [5, 5.41) is 8.83. The van der Waals surface area contributed by atoms with Gasteiger partial charge in [-0.1, -0.05) is 0 Å². The van der Waals surface area contributed by atoms with Crippen molar-refractivity contribution in [1.29, 1.82) is 0 Å². The van der Waals surface area contributed by atoms with Gasteiger partial charge in [0.25, 0.3) is 0 Å². The van der Waals surface area contributed by atoms with Gasteiger partial charge in [-0.25, -0.2) is 4.79 Å². The Morgan fingerprint density at radius 2 is 2.50 bits per heavy atom. The highest BCUT2D eigenvalue weighted by molar-refractivity contribution is 5.91. The van der Waals surface area contributed by atoms with Gasteiger partial charge in [0.05, 0.1) is 12.0 Å². The third kappa shape index (κ3) is 1.46. The van der Waals surface area contributed by atoms with Crippen molar-refractivity contribution >= 4 is 11.7 Å². The van der Waals surface area contributed by atoms with E-state index in [9.17, 15) is 4.79 Å². The number of aromatic carboxylic acids is 1. The minimum Gasteiger partial charge on any atom is -0.475 e. The molecular formula is C9H12N2O3. The van der Waals surface area contributed by atoms with E-state index in [4.69, 9.17) is 15.3 Å². The van der Waals surface area contributed by atoms with Crippen molar-refractivity contribution < 1.29 is 14.3 Å². The van der Waals surface area contributed by atoms with Crippen molar-refractivity contribution in [1.82, 2.24) is 0 Å². The molecule has 76 valence electrons. The molecule has 1 fully saturated rings. The second kappa shape index (κ2) is 3.34. The highest BCUT2D eigenvalue weighted by atomic mass is 16.4. The lowest BCUT2D eigenvalue weighted by Gasteiger charge is -2.15. The van der Waals surface area contributed by atoms with E-state index in [1.165, 1.54) is 6.26 Å². The van der Waals surface area contributed by atoms with Crippen molar-refractivity contribution in [2.45, 2.75) is 12.5 Å². The van der Waals surface area contributed by atoms with E-state index in [0.717, 1.165) is 13.0 Å². The molecule has 0 saturated carbocycles. The number of furan rings is 1. The quantitative estimate of drug-likeness (QED) is 0.720. The average Bonchev–Trinajstić information content (AvgIpc) is 2.70. The summed E-state index contributed by atoms with van der Waals surface area (Å²) >= 11 is 0. The second-order valence-corrected chi connectivity index (χ2v) is 3.43. The van der Waals surface area contributed by atoms with Crippen LogP contribution < -0.4 is 10.6 Å². The molecule has 1 aliphatic rings. The standard InChI is InChI=1S/C9H12N2O3/c10-6-1-3-11(5-6)7-2-4-14-8(7)9(12)13/h2,4,6H,1,3,5,10H2,(H,12,13). The molecular weight excluding hydrogens is 184 g/mol. The molecule has 0 aliphatic carbocycles. The Morgan fingerprint density at radius 3 is 3.07 bits per heavy atom. The lowest BCUT2D eigenvalue weighted by Crippen LogP contribution is -2.26. The molecule has 5 nitrogen and oxygen atoms in total. The van der Waals surface area contributed by atoms with Gasteiger partial charge in [-0.2, -0.15) is 0 Å². The molecule has 5 heteroatoms. The smallest absolute Gasteiger partial charge is 0.374 e. The number of carbonyl (C=O) groups is 1. The van der Waals surface area contributed by atoms with Gasteiger partial charge in [-0.15, -0.1) is 0 Å². The fraction of sp³-hybridized carbons (Fsp3) is 0.444. The minimum atomic E-state index is -1.04. The number of nitrogens with two attached hydrogens (primary N) is 1. The van der Waals surface area contributed by atoms with Crippen LogP contribution in [0.1, 0.15) is 17.0 Å². The summed E-state index contributed by atoms with van der Waals surface area (Å²) in [6.07, 6.45) is 2.28. The summed E-state index contributed by atoms with van der Waals surface area (Å²) in [5.74, 6) is -1.04. The molecule has 0 aromatic carbocycles. The van der Waals surface area contributed by atoms with Crippen LogP contribution in [0.5, 0.6) is 0 Å². The number of carboxylic acid groups (broad SMARTS) is 1. The van der Waals surface area contributed by atoms with Gasteiger partial charge in [-0.3, -0.25) is 0 Å². The van der Waals surface area contributed by atoms with E-state index in [0.29, 0.717) is 12.2 Å². The van der Waals surface area contributed by atoms with E-state index in [1.807, 2.05) is 4.90 Å². The lowest BCUT2D eigenvalue weighted by atomic mass is 10.3. The molecule has 2 heterocycles. The zero-order valence-corrected chi connectivity index (χ0v) is 7.64. The van der Waals surface area contributed by atoms with Crippen LogP contribution in [0.3, 0.4) is 0 Å². The highest BCUT2D eigenvalue weighted by Gasteiger charge is 2.25. The van der Waals surface area contributed by atoms with Gasteiger partial charge in [-0.05, 0) is 6.42 Å². The van der Waals surface area contributed by atoms with Gasteiger partial charge in [0.1, 0.15) is 0 Å². The third-order valence-electron chi connectivity index (χ3n) is 2.40. The topological polar surface area (TPSA) is 79.7 Å². The van der Waals surface area contributed by atoms with Gasteiger partial charge < -0.3 is 20.2 Å². The number of rotatable bonds is 2. The Morgan fingerprint density at radius 1 is 1.71 bits per heavy atom. The molecule has 1 aromatic rings. The number of anilines is 1. The molecule has 1 aliphatic heterocycles. The van der Waals surface area contributed by atoms with Gasteiger partial charge >= 0.3 is 5.97 Å². The molecule has 1 atom stereocenters. The zero-order chi connectivity index (χ0) is 10.1. The van der Waals surface area contributed by atoms with Gasteiger partial charge in [0.15, 0.2) is 0 Å². The van der Waals surface area contributed by atoms with Crippen molar-refractivity contribution in [3.63, 3.8) is 0 Å². The first-order valence-electron chi connectivity index (χ1n) is 4.50. The SMILES string of the molecule is NC1CCN(c2ccoc2C(=O)O)C1. The normalized spacial score (nSPS) is 21.5. The number of hydrogen-bond acceptors (Lipinski definition) is 4. The van der Waals surface area contributed by atoms with E-state index in [1.54, 1.807) is 6.07 Å². The molecule has 14 heavy (non-hydrogen) atoms. The summed E-state index contributed by atoms with van der Waals surface area (Å²) in [5.41, 5.74) is 6.37. The minimum absolute atomic E-state index is 0.000833. The predicted octanol–water partition coefficient (Wildman–Crippen LogP) is 0.515. The average molecular weight is 196 g/mol. The Labute approximate surface area is 81.1 Å². The van der Waals surface area contributed by atoms with Crippen LogP contribution in [0.2, 0.25) is 0 Å². The maximum Gasteiger partial charge on any atom is 0.374 e. The van der Waals surface area contributed by atoms with Crippen molar-refractivity contribution in [2.75, 3.05) is 18.0 Å². The van der Waals surface area contributed by atoms with Crippen LogP contribution >= 0.6 is 0 Å². The molecule has 0 spiro atoms. The van der Waals surface area contributed by atoms with Crippen LogP contribution in [-0.2, 0) is 0 Å². The first-order valence-corrected chi connectivity index (χ1v) is 4.50. The summed E-state index contributed by atoms with van der Waals surface area (Å²) in [6.45, 7) is 1.49. The molecule has 2 rings (SSSR count). The van der Waals surface area contributed by atoms with Crippen molar-refractivity contribution in [2.24, 2.45) is 5.73 Å². The van der Waals surface area contributed by atoms with Crippen molar-refractivity contribution in [3.8, 4) is 0 Å². The van der Waals surface area contributed by atoms with E-state index in [2.05, 4.69) is 0 Å². The molecule has 1 unspecified atom stereocenters. The largest absolute Gasteiger partial charge is 0.475 e. The molecule has 0 radical (unpaired) electrons. The Bertz CT molecular complexity index is 348. The van der Waals surface area contributed by atoms with E-state index >= 15 is 0 Å². The Hall–Kier alpha value is -1.49. The van der Waals surface area contributed by atoms with Crippen LogP contribution in [0, 0.1) is 0 Å². The summed E-state index contributed by atoms with van der Waals surface area (Å²) in [7, 11) is 0. The predicted molar refractivity (Wildman–Crippen MR) is 50.5 cm³/mol. The molecule has 1 aromatic heterocycles. The van der Waals surface area contributed by atoms with Crippen LogP contribution in [-0.4, -0.2) is 30.2 Å². The number of nitrogens with zero attached hydrogens (tertiary/aromatic N) is 1. The van der Waals surface area contributed by atoms with E-state index < -0.39 is 5.97 Å². The maximum atomic E-state index is 10.8. The second-order valence-electron chi connectivity index (χ2n) is 3.43. The summed E-state index contributed by atoms with van der Waals surface area (Å²) in [4.78, 5) is 12.7. The van der Waals surface area contributed by atoms with Crippen LogP contribution in [0.4, 0.5) is 5.69 Å². The fourth-order valence-electron chi connectivity index (χ4n) is 1.72. The molecule has 1 saturated heterocycles. The Balaban J connectivity index is 2.23. The summed E-state index contributed by atoms with van der Waals surface area (Å²) < 4.78 is 4.89.